The molecule has 3 aromatic rings. The van der Waals surface area contributed by atoms with E-state index < -0.39 is 5.97 Å². The van der Waals surface area contributed by atoms with Gasteiger partial charge in [0.1, 0.15) is 0 Å². The maximum Gasteiger partial charge on any atom is 0.335 e. The monoisotopic (exact) mass is 264 g/mol. The number of hydrogen-bond acceptors (Lipinski definition) is 2. The number of carboxylic acid groups (broad SMARTS) is 1. The Labute approximate surface area is 115 Å². The minimum Gasteiger partial charge on any atom is -0.478 e. The molecule has 98 valence electrons. The number of nitrogens with zero attached hydrogens (tertiary/aromatic N) is 2. The number of carboxylic acids is 1. The molecule has 20 heavy (non-hydrogen) atoms. The summed E-state index contributed by atoms with van der Waals surface area (Å²) < 4.78 is 1.99. The number of rotatable bonds is 3. The van der Waals surface area contributed by atoms with Crippen LogP contribution in [0, 0.1) is 0 Å². The first-order valence-electron chi connectivity index (χ1n) is 6.16. The standard InChI is InChI=1S/C16H12N2O2/c19-16(20)13-7-4-12(5-8-13)6-9-14-2-1-3-15-10-17-11-18(14)15/h1-11H,(H,19,20). The average molecular weight is 264 g/mol. The Kier molecular flexibility index (Phi) is 3.05. The summed E-state index contributed by atoms with van der Waals surface area (Å²) in [6.45, 7) is 0. The van der Waals surface area contributed by atoms with Crippen LogP contribution in [0.15, 0.2) is 55.0 Å². The van der Waals surface area contributed by atoms with Gasteiger partial charge in [0.05, 0.1) is 23.6 Å². The molecule has 0 unspecified atom stereocenters. The Bertz CT molecular complexity index is 786. The van der Waals surface area contributed by atoms with Crippen LogP contribution in [0.1, 0.15) is 21.6 Å². The van der Waals surface area contributed by atoms with Crippen molar-refractivity contribution in [2.45, 2.75) is 0 Å². The van der Waals surface area contributed by atoms with Crippen LogP contribution in [0.4, 0.5) is 0 Å². The Balaban J connectivity index is 1.90. The van der Waals surface area contributed by atoms with Gasteiger partial charge in [0.25, 0.3) is 0 Å². The van der Waals surface area contributed by atoms with Crippen molar-refractivity contribution < 1.29 is 9.90 Å². The lowest BCUT2D eigenvalue weighted by Gasteiger charge is -2.00. The van der Waals surface area contributed by atoms with Crippen LogP contribution in [0.3, 0.4) is 0 Å². The van der Waals surface area contributed by atoms with Crippen LogP contribution < -0.4 is 0 Å². The minimum absolute atomic E-state index is 0.291. The summed E-state index contributed by atoms with van der Waals surface area (Å²) in [5.41, 5.74) is 3.29. The molecule has 0 saturated heterocycles. The summed E-state index contributed by atoms with van der Waals surface area (Å²) >= 11 is 0. The summed E-state index contributed by atoms with van der Waals surface area (Å²) in [6, 6.07) is 12.7. The third kappa shape index (κ3) is 2.31. The minimum atomic E-state index is -0.913. The highest BCUT2D eigenvalue weighted by atomic mass is 16.4. The number of aromatic nitrogens is 2. The lowest BCUT2D eigenvalue weighted by molar-refractivity contribution is 0.0697. The van der Waals surface area contributed by atoms with Crippen molar-refractivity contribution in [3.63, 3.8) is 0 Å². The second-order valence-electron chi connectivity index (χ2n) is 4.40. The first-order chi connectivity index (χ1) is 9.74. The van der Waals surface area contributed by atoms with Gasteiger partial charge >= 0.3 is 5.97 Å². The van der Waals surface area contributed by atoms with Crippen LogP contribution in [-0.4, -0.2) is 20.5 Å². The van der Waals surface area contributed by atoms with Crippen molar-refractivity contribution in [2.24, 2.45) is 0 Å². The van der Waals surface area contributed by atoms with E-state index in [1.54, 1.807) is 36.8 Å². The van der Waals surface area contributed by atoms with E-state index in [-0.39, 0.29) is 0 Å². The van der Waals surface area contributed by atoms with Crippen molar-refractivity contribution in [3.8, 4) is 0 Å². The van der Waals surface area contributed by atoms with Crippen molar-refractivity contribution in [3.05, 3.63) is 71.8 Å². The predicted octanol–water partition coefficient (Wildman–Crippen LogP) is 3.20. The van der Waals surface area contributed by atoms with Gasteiger partial charge in [-0.25, -0.2) is 9.78 Å². The zero-order chi connectivity index (χ0) is 13.9. The lowest BCUT2D eigenvalue weighted by Crippen LogP contribution is -1.94. The van der Waals surface area contributed by atoms with Gasteiger partial charge in [-0.15, -0.1) is 0 Å². The fourth-order valence-electron chi connectivity index (χ4n) is 2.02. The molecule has 2 heterocycles. The van der Waals surface area contributed by atoms with E-state index in [9.17, 15) is 4.79 Å². The maximum absolute atomic E-state index is 10.8. The van der Waals surface area contributed by atoms with Crippen molar-refractivity contribution >= 4 is 23.6 Å². The first-order valence-corrected chi connectivity index (χ1v) is 6.16. The molecule has 3 rings (SSSR count). The number of aromatic carboxylic acids is 1. The van der Waals surface area contributed by atoms with E-state index in [2.05, 4.69) is 4.98 Å². The number of pyridine rings is 1. The van der Waals surface area contributed by atoms with E-state index in [1.165, 1.54) is 0 Å². The number of fused-ring (bicyclic) bond motifs is 1. The SMILES string of the molecule is O=C(O)c1ccc(C=Cc2cccc3cncn23)cc1. The summed E-state index contributed by atoms with van der Waals surface area (Å²) in [5, 5.41) is 8.85. The highest BCUT2D eigenvalue weighted by Gasteiger charge is 2.00. The van der Waals surface area contributed by atoms with E-state index in [4.69, 9.17) is 5.11 Å². The largest absolute Gasteiger partial charge is 0.478 e. The number of imidazole rings is 1. The van der Waals surface area contributed by atoms with Crippen LogP contribution in [0.25, 0.3) is 17.7 Å². The molecule has 0 saturated carbocycles. The van der Waals surface area contributed by atoms with Crippen molar-refractivity contribution in [2.75, 3.05) is 0 Å². The smallest absolute Gasteiger partial charge is 0.335 e. The molecule has 0 spiro atoms. The Hall–Kier alpha value is -2.88. The molecular formula is C16H12N2O2. The molecule has 0 fully saturated rings. The van der Waals surface area contributed by atoms with Gasteiger partial charge in [0.15, 0.2) is 0 Å². The molecule has 0 radical (unpaired) electrons. The van der Waals surface area contributed by atoms with Crippen LogP contribution in [0.2, 0.25) is 0 Å². The number of hydrogen-bond donors (Lipinski definition) is 1. The molecule has 0 aliphatic rings. The van der Waals surface area contributed by atoms with Crippen molar-refractivity contribution in [1.82, 2.24) is 9.38 Å². The Morgan fingerprint density at radius 2 is 1.90 bits per heavy atom. The molecule has 1 N–H and O–H groups in total. The quantitative estimate of drug-likeness (QED) is 0.790. The zero-order valence-electron chi connectivity index (χ0n) is 10.6. The summed E-state index contributed by atoms with van der Waals surface area (Å²) in [7, 11) is 0. The van der Waals surface area contributed by atoms with Gasteiger partial charge in [0.2, 0.25) is 0 Å². The van der Waals surface area contributed by atoms with Gasteiger partial charge < -0.3 is 5.11 Å². The Morgan fingerprint density at radius 1 is 1.10 bits per heavy atom. The third-order valence-corrected chi connectivity index (χ3v) is 3.08. The van der Waals surface area contributed by atoms with Gasteiger partial charge in [-0.05, 0) is 35.9 Å². The molecular weight excluding hydrogens is 252 g/mol. The van der Waals surface area contributed by atoms with Gasteiger partial charge in [-0.3, -0.25) is 4.40 Å². The predicted molar refractivity (Wildman–Crippen MR) is 77.5 cm³/mol. The zero-order valence-corrected chi connectivity index (χ0v) is 10.6. The molecule has 0 aliphatic carbocycles. The molecule has 4 nitrogen and oxygen atoms in total. The Morgan fingerprint density at radius 3 is 2.65 bits per heavy atom. The topological polar surface area (TPSA) is 54.6 Å². The number of carbonyl (C=O) groups is 1. The number of benzene rings is 1. The second-order valence-corrected chi connectivity index (χ2v) is 4.40. The first kappa shape index (κ1) is 12.2. The van der Waals surface area contributed by atoms with Crippen LogP contribution >= 0.6 is 0 Å². The highest BCUT2D eigenvalue weighted by Crippen LogP contribution is 2.12. The summed E-state index contributed by atoms with van der Waals surface area (Å²) in [5.74, 6) is -0.913. The fourth-order valence-corrected chi connectivity index (χ4v) is 2.02. The molecule has 4 heteroatoms. The summed E-state index contributed by atoms with van der Waals surface area (Å²) in [4.78, 5) is 14.9. The lowest BCUT2D eigenvalue weighted by atomic mass is 10.1. The van der Waals surface area contributed by atoms with E-state index >= 15 is 0 Å². The van der Waals surface area contributed by atoms with E-state index in [0.717, 1.165) is 16.8 Å². The van der Waals surface area contributed by atoms with E-state index in [1.807, 2.05) is 34.8 Å². The highest BCUT2D eigenvalue weighted by molar-refractivity contribution is 5.88. The third-order valence-electron chi connectivity index (χ3n) is 3.08. The van der Waals surface area contributed by atoms with Crippen molar-refractivity contribution in [1.29, 1.82) is 0 Å². The van der Waals surface area contributed by atoms with Gasteiger partial charge in [0, 0.05) is 5.69 Å². The fraction of sp³-hybridized carbons (Fsp3) is 0. The average Bonchev–Trinajstić information content (AvgIpc) is 2.94. The molecule has 2 aromatic heterocycles. The van der Waals surface area contributed by atoms with Gasteiger partial charge in [-0.2, -0.15) is 0 Å². The molecule has 0 bridgehead atoms. The van der Waals surface area contributed by atoms with Gasteiger partial charge in [-0.1, -0.05) is 24.3 Å². The van der Waals surface area contributed by atoms with Crippen LogP contribution in [0.5, 0.6) is 0 Å². The summed E-state index contributed by atoms with van der Waals surface area (Å²) in [6.07, 6.45) is 7.49. The molecule has 1 aromatic carbocycles. The molecule has 0 atom stereocenters. The molecule has 0 aliphatic heterocycles. The normalized spacial score (nSPS) is 11.2. The molecule has 0 amide bonds. The van der Waals surface area contributed by atoms with Crippen LogP contribution in [-0.2, 0) is 0 Å². The maximum atomic E-state index is 10.8. The second kappa shape index (κ2) is 5.01. The van der Waals surface area contributed by atoms with E-state index in [0.29, 0.717) is 5.56 Å².